The molecule has 3 heteroatoms. The van der Waals surface area contributed by atoms with Gasteiger partial charge in [0.1, 0.15) is 5.75 Å². The van der Waals surface area contributed by atoms with Crippen molar-refractivity contribution < 1.29 is 9.53 Å². The van der Waals surface area contributed by atoms with E-state index in [2.05, 4.69) is 0 Å². The quantitative estimate of drug-likeness (QED) is 0.898. The molecule has 1 amide bonds. The fourth-order valence-corrected chi connectivity index (χ4v) is 2.00. The van der Waals surface area contributed by atoms with Crippen LogP contribution in [0.3, 0.4) is 0 Å². The van der Waals surface area contributed by atoms with E-state index in [0.717, 1.165) is 22.4 Å². The van der Waals surface area contributed by atoms with Gasteiger partial charge in [0.15, 0.2) is 0 Å². The van der Waals surface area contributed by atoms with Crippen molar-refractivity contribution in [3.05, 3.63) is 53.6 Å². The SMILES string of the molecule is COc1ccc(-c2ccccc2C(N)=O)c(C)c1. The molecule has 2 aromatic carbocycles. The molecule has 0 aliphatic carbocycles. The molecule has 0 spiro atoms. The largest absolute Gasteiger partial charge is 0.497 e. The second kappa shape index (κ2) is 4.92. The van der Waals surface area contributed by atoms with E-state index in [4.69, 9.17) is 10.5 Å². The Labute approximate surface area is 106 Å². The number of carbonyl (C=O) groups is 1. The number of amides is 1. The Morgan fingerprint density at radius 3 is 2.44 bits per heavy atom. The molecule has 0 radical (unpaired) electrons. The highest BCUT2D eigenvalue weighted by Crippen LogP contribution is 2.29. The maximum Gasteiger partial charge on any atom is 0.249 e. The molecule has 0 aromatic heterocycles. The van der Waals surface area contributed by atoms with Crippen molar-refractivity contribution in [2.24, 2.45) is 5.73 Å². The summed E-state index contributed by atoms with van der Waals surface area (Å²) < 4.78 is 5.17. The molecule has 0 fully saturated rings. The first-order valence-electron chi connectivity index (χ1n) is 5.67. The summed E-state index contributed by atoms with van der Waals surface area (Å²) in [5.74, 6) is 0.383. The molecule has 3 nitrogen and oxygen atoms in total. The summed E-state index contributed by atoms with van der Waals surface area (Å²) in [6.45, 7) is 1.98. The Bertz CT molecular complexity index is 591. The van der Waals surface area contributed by atoms with E-state index >= 15 is 0 Å². The van der Waals surface area contributed by atoms with E-state index in [9.17, 15) is 4.79 Å². The van der Waals surface area contributed by atoms with Gasteiger partial charge >= 0.3 is 0 Å². The van der Waals surface area contributed by atoms with Gasteiger partial charge in [-0.1, -0.05) is 24.3 Å². The summed E-state index contributed by atoms with van der Waals surface area (Å²) >= 11 is 0. The van der Waals surface area contributed by atoms with Crippen LogP contribution >= 0.6 is 0 Å². The maximum atomic E-state index is 11.4. The number of methoxy groups -OCH3 is 1. The van der Waals surface area contributed by atoms with Crippen LogP contribution in [-0.4, -0.2) is 13.0 Å². The lowest BCUT2D eigenvalue weighted by molar-refractivity contribution is 0.100. The minimum absolute atomic E-state index is 0.416. The summed E-state index contributed by atoms with van der Waals surface area (Å²) in [6, 6.07) is 13.1. The minimum Gasteiger partial charge on any atom is -0.497 e. The van der Waals surface area contributed by atoms with Gasteiger partial charge < -0.3 is 10.5 Å². The zero-order valence-electron chi connectivity index (χ0n) is 10.4. The number of rotatable bonds is 3. The average Bonchev–Trinajstić information content (AvgIpc) is 2.38. The van der Waals surface area contributed by atoms with Crippen LogP contribution in [0.1, 0.15) is 15.9 Å². The first-order valence-corrected chi connectivity index (χ1v) is 5.67. The zero-order chi connectivity index (χ0) is 13.1. The molecular weight excluding hydrogens is 226 g/mol. The van der Waals surface area contributed by atoms with Crippen LogP contribution in [0.4, 0.5) is 0 Å². The number of nitrogens with two attached hydrogens (primary N) is 1. The standard InChI is InChI=1S/C15H15NO2/c1-10-9-11(18-2)7-8-12(10)13-5-3-4-6-14(13)15(16)17/h3-9H,1-2H3,(H2,16,17). The highest BCUT2D eigenvalue weighted by molar-refractivity contribution is 6.00. The van der Waals surface area contributed by atoms with Crippen LogP contribution in [0, 0.1) is 6.92 Å². The van der Waals surface area contributed by atoms with E-state index < -0.39 is 5.91 Å². The summed E-state index contributed by atoms with van der Waals surface area (Å²) in [6.07, 6.45) is 0. The highest BCUT2D eigenvalue weighted by atomic mass is 16.5. The van der Waals surface area contributed by atoms with Crippen molar-refractivity contribution in [1.29, 1.82) is 0 Å². The number of hydrogen-bond donors (Lipinski definition) is 1. The Balaban J connectivity index is 2.59. The molecule has 0 unspecified atom stereocenters. The van der Waals surface area contributed by atoms with Gasteiger partial charge in [0, 0.05) is 5.56 Å². The summed E-state index contributed by atoms with van der Waals surface area (Å²) in [5, 5.41) is 0. The molecule has 0 saturated carbocycles. The second-order valence-corrected chi connectivity index (χ2v) is 4.09. The van der Waals surface area contributed by atoms with E-state index in [1.165, 1.54) is 0 Å². The van der Waals surface area contributed by atoms with E-state index in [0.29, 0.717) is 5.56 Å². The molecule has 0 bridgehead atoms. The van der Waals surface area contributed by atoms with Gasteiger partial charge in [-0.15, -0.1) is 0 Å². The number of benzene rings is 2. The summed E-state index contributed by atoms with van der Waals surface area (Å²) in [4.78, 5) is 11.4. The van der Waals surface area contributed by atoms with Gasteiger partial charge in [0.05, 0.1) is 7.11 Å². The third-order valence-corrected chi connectivity index (χ3v) is 2.92. The zero-order valence-corrected chi connectivity index (χ0v) is 10.4. The van der Waals surface area contributed by atoms with Crippen LogP contribution in [0.5, 0.6) is 5.75 Å². The van der Waals surface area contributed by atoms with Crippen molar-refractivity contribution in [3.8, 4) is 16.9 Å². The van der Waals surface area contributed by atoms with E-state index in [-0.39, 0.29) is 0 Å². The molecule has 0 heterocycles. The average molecular weight is 241 g/mol. The van der Waals surface area contributed by atoms with E-state index in [1.807, 2.05) is 43.3 Å². The lowest BCUT2D eigenvalue weighted by Gasteiger charge is -2.11. The van der Waals surface area contributed by atoms with Gasteiger partial charge in [-0.05, 0) is 41.8 Å². The first-order chi connectivity index (χ1) is 8.63. The third-order valence-electron chi connectivity index (χ3n) is 2.92. The normalized spacial score (nSPS) is 10.1. The maximum absolute atomic E-state index is 11.4. The number of ether oxygens (including phenoxy) is 1. The molecule has 2 N–H and O–H groups in total. The summed E-state index contributed by atoms with van der Waals surface area (Å²) in [5.41, 5.74) is 8.81. The molecule has 2 rings (SSSR count). The number of hydrogen-bond acceptors (Lipinski definition) is 2. The molecule has 18 heavy (non-hydrogen) atoms. The first kappa shape index (κ1) is 12.2. The lowest BCUT2D eigenvalue weighted by Crippen LogP contribution is -2.12. The second-order valence-electron chi connectivity index (χ2n) is 4.09. The number of primary amides is 1. The fraction of sp³-hybridized carbons (Fsp3) is 0.133. The Hall–Kier alpha value is -2.29. The van der Waals surface area contributed by atoms with Crippen molar-refractivity contribution in [2.75, 3.05) is 7.11 Å². The molecule has 0 atom stereocenters. The number of carbonyl (C=O) groups excluding carboxylic acids is 1. The molecule has 2 aromatic rings. The van der Waals surface area contributed by atoms with Crippen LogP contribution < -0.4 is 10.5 Å². The monoisotopic (exact) mass is 241 g/mol. The molecule has 92 valence electrons. The summed E-state index contributed by atoms with van der Waals surface area (Å²) in [7, 11) is 1.63. The van der Waals surface area contributed by atoms with Gasteiger partial charge in [0.2, 0.25) is 5.91 Å². The van der Waals surface area contributed by atoms with Crippen molar-refractivity contribution in [3.63, 3.8) is 0 Å². The highest BCUT2D eigenvalue weighted by Gasteiger charge is 2.11. The van der Waals surface area contributed by atoms with Crippen molar-refractivity contribution in [1.82, 2.24) is 0 Å². The van der Waals surface area contributed by atoms with Gasteiger partial charge in [-0.25, -0.2) is 0 Å². The minimum atomic E-state index is -0.416. The van der Waals surface area contributed by atoms with Gasteiger partial charge in [0.25, 0.3) is 0 Å². The molecule has 0 aliphatic rings. The van der Waals surface area contributed by atoms with Crippen LogP contribution in [-0.2, 0) is 0 Å². The Morgan fingerprint density at radius 1 is 1.11 bits per heavy atom. The predicted molar refractivity (Wildman–Crippen MR) is 71.7 cm³/mol. The van der Waals surface area contributed by atoms with Crippen molar-refractivity contribution >= 4 is 5.91 Å². The van der Waals surface area contributed by atoms with Crippen LogP contribution in [0.15, 0.2) is 42.5 Å². The van der Waals surface area contributed by atoms with Gasteiger partial charge in [-0.3, -0.25) is 4.79 Å². The topological polar surface area (TPSA) is 52.3 Å². The van der Waals surface area contributed by atoms with Crippen LogP contribution in [0.2, 0.25) is 0 Å². The smallest absolute Gasteiger partial charge is 0.249 e. The van der Waals surface area contributed by atoms with Crippen molar-refractivity contribution in [2.45, 2.75) is 6.92 Å². The van der Waals surface area contributed by atoms with E-state index in [1.54, 1.807) is 13.2 Å². The predicted octanol–water partition coefficient (Wildman–Crippen LogP) is 2.77. The Morgan fingerprint density at radius 2 is 1.83 bits per heavy atom. The molecule has 0 saturated heterocycles. The molecule has 0 aliphatic heterocycles. The van der Waals surface area contributed by atoms with Gasteiger partial charge in [-0.2, -0.15) is 0 Å². The fourth-order valence-electron chi connectivity index (χ4n) is 2.00. The Kier molecular flexibility index (Phi) is 3.33. The lowest BCUT2D eigenvalue weighted by atomic mass is 9.95. The van der Waals surface area contributed by atoms with Crippen LogP contribution in [0.25, 0.3) is 11.1 Å². The molecular formula is C15H15NO2. The third kappa shape index (κ3) is 2.20. The number of aryl methyl sites for hydroxylation is 1.